The van der Waals surface area contributed by atoms with Crippen LogP contribution in [0.5, 0.6) is 5.75 Å². The summed E-state index contributed by atoms with van der Waals surface area (Å²) in [6.45, 7) is 2.85. The van der Waals surface area contributed by atoms with E-state index in [0.717, 1.165) is 44.3 Å². The molecule has 0 bridgehead atoms. The first-order valence-electron chi connectivity index (χ1n) is 11.3. The molecule has 2 aliphatic rings. The topological polar surface area (TPSA) is 18.5 Å². The van der Waals surface area contributed by atoms with Crippen LogP contribution in [0.4, 0.5) is 8.78 Å². The molecular weight excluding hydrogens is 394 g/mol. The van der Waals surface area contributed by atoms with Gasteiger partial charge in [-0.1, -0.05) is 17.9 Å². The average molecular weight is 425 g/mol. The van der Waals surface area contributed by atoms with Gasteiger partial charge in [0.2, 0.25) is 0 Å². The summed E-state index contributed by atoms with van der Waals surface area (Å²) < 4.78 is 39.9. The lowest BCUT2D eigenvalue weighted by molar-refractivity contribution is -0.00968. The predicted molar refractivity (Wildman–Crippen MR) is 118 cm³/mol. The van der Waals surface area contributed by atoms with Crippen molar-refractivity contribution in [1.29, 1.82) is 0 Å². The number of ether oxygens (including phenoxy) is 2. The first-order valence-corrected chi connectivity index (χ1v) is 11.3. The summed E-state index contributed by atoms with van der Waals surface area (Å²) in [7, 11) is 1.49. The Balaban J connectivity index is 1.43. The monoisotopic (exact) mass is 424 g/mol. The SMILES string of the molecule is CCOC1CCC2CC(c3ccc(C#Cc4ccc(OC)cc4F)cc3F)CCC2C1. The van der Waals surface area contributed by atoms with Gasteiger partial charge in [0.1, 0.15) is 17.4 Å². The fraction of sp³-hybridized carbons (Fsp3) is 0.481. The van der Waals surface area contributed by atoms with E-state index in [-0.39, 0.29) is 17.3 Å². The average Bonchev–Trinajstić information content (AvgIpc) is 2.78. The fourth-order valence-corrected chi connectivity index (χ4v) is 5.32. The molecule has 31 heavy (non-hydrogen) atoms. The maximum Gasteiger partial charge on any atom is 0.142 e. The highest BCUT2D eigenvalue weighted by atomic mass is 19.1. The van der Waals surface area contributed by atoms with E-state index in [1.54, 1.807) is 12.1 Å². The second-order valence-electron chi connectivity index (χ2n) is 8.75. The summed E-state index contributed by atoms with van der Waals surface area (Å²) in [6, 6.07) is 9.75. The smallest absolute Gasteiger partial charge is 0.142 e. The lowest BCUT2D eigenvalue weighted by Gasteiger charge is -2.42. The van der Waals surface area contributed by atoms with Gasteiger partial charge in [-0.15, -0.1) is 0 Å². The van der Waals surface area contributed by atoms with Crippen LogP contribution in [-0.4, -0.2) is 19.8 Å². The van der Waals surface area contributed by atoms with Crippen molar-refractivity contribution >= 4 is 0 Å². The minimum atomic E-state index is -0.445. The number of halogens is 2. The number of benzene rings is 2. The van der Waals surface area contributed by atoms with Crippen molar-refractivity contribution in [1.82, 2.24) is 0 Å². The third-order valence-electron chi connectivity index (χ3n) is 6.93. The lowest BCUT2D eigenvalue weighted by atomic mass is 9.65. The molecular formula is C27H30F2O2. The maximum atomic E-state index is 14.9. The molecule has 0 saturated heterocycles. The Morgan fingerprint density at radius 3 is 2.45 bits per heavy atom. The molecule has 4 unspecified atom stereocenters. The molecule has 0 aliphatic heterocycles. The summed E-state index contributed by atoms with van der Waals surface area (Å²) in [5.41, 5.74) is 1.63. The molecule has 2 aromatic carbocycles. The number of rotatable bonds is 4. The van der Waals surface area contributed by atoms with E-state index in [1.165, 1.54) is 25.7 Å². The second kappa shape index (κ2) is 9.83. The first kappa shape index (κ1) is 21.8. The molecule has 0 aromatic heterocycles. The van der Waals surface area contributed by atoms with Crippen molar-refractivity contribution in [3.8, 4) is 17.6 Å². The van der Waals surface area contributed by atoms with Gasteiger partial charge in [0.05, 0.1) is 18.8 Å². The van der Waals surface area contributed by atoms with Crippen molar-refractivity contribution in [2.45, 2.75) is 57.5 Å². The first-order chi connectivity index (χ1) is 15.1. The van der Waals surface area contributed by atoms with Gasteiger partial charge in [0.15, 0.2) is 0 Å². The van der Waals surface area contributed by atoms with E-state index in [2.05, 4.69) is 18.8 Å². The Bertz CT molecular complexity index is 975. The molecule has 2 fully saturated rings. The Hall–Kier alpha value is -2.38. The molecule has 2 aliphatic carbocycles. The van der Waals surface area contributed by atoms with Crippen LogP contribution in [-0.2, 0) is 4.74 Å². The summed E-state index contributed by atoms with van der Waals surface area (Å²) in [5, 5.41) is 0. The molecule has 164 valence electrons. The molecule has 4 heteroatoms. The molecule has 2 saturated carbocycles. The van der Waals surface area contributed by atoms with Gasteiger partial charge < -0.3 is 9.47 Å². The molecule has 2 nitrogen and oxygen atoms in total. The zero-order valence-electron chi connectivity index (χ0n) is 18.3. The van der Waals surface area contributed by atoms with Gasteiger partial charge in [-0.25, -0.2) is 8.78 Å². The largest absolute Gasteiger partial charge is 0.497 e. The molecule has 0 spiro atoms. The molecule has 2 aromatic rings. The third-order valence-corrected chi connectivity index (χ3v) is 6.93. The summed E-state index contributed by atoms with van der Waals surface area (Å²) in [6.07, 6.45) is 7.11. The minimum Gasteiger partial charge on any atom is -0.497 e. The van der Waals surface area contributed by atoms with Crippen LogP contribution in [0.3, 0.4) is 0 Å². The van der Waals surface area contributed by atoms with Gasteiger partial charge >= 0.3 is 0 Å². The Morgan fingerprint density at radius 1 is 0.903 bits per heavy atom. The number of fused-ring (bicyclic) bond motifs is 1. The van der Waals surface area contributed by atoms with Crippen molar-refractivity contribution < 1.29 is 18.3 Å². The van der Waals surface area contributed by atoms with Crippen molar-refractivity contribution in [2.75, 3.05) is 13.7 Å². The highest BCUT2D eigenvalue weighted by molar-refractivity contribution is 5.46. The highest BCUT2D eigenvalue weighted by Crippen LogP contribution is 2.47. The van der Waals surface area contributed by atoms with E-state index < -0.39 is 5.82 Å². The number of hydrogen-bond acceptors (Lipinski definition) is 2. The molecule has 0 amide bonds. The molecule has 4 rings (SSSR count). The van der Waals surface area contributed by atoms with Gasteiger partial charge in [-0.2, -0.15) is 0 Å². The molecule has 4 atom stereocenters. The quantitative estimate of drug-likeness (QED) is 0.524. The number of methoxy groups -OCH3 is 1. The predicted octanol–water partition coefficient (Wildman–Crippen LogP) is 6.46. The van der Waals surface area contributed by atoms with Crippen LogP contribution >= 0.6 is 0 Å². The minimum absolute atomic E-state index is 0.201. The summed E-state index contributed by atoms with van der Waals surface area (Å²) in [5.74, 6) is 7.15. The maximum absolute atomic E-state index is 14.9. The fourth-order valence-electron chi connectivity index (χ4n) is 5.32. The van der Waals surface area contributed by atoms with Gasteiger partial charge in [-0.05, 0) is 93.0 Å². The Kier molecular flexibility index (Phi) is 6.92. The van der Waals surface area contributed by atoms with Gasteiger partial charge in [0.25, 0.3) is 0 Å². The standard InChI is InChI=1S/C27H30F2O2/c1-3-31-24-12-10-20-15-22(8-7-21(20)16-24)25-13-5-18(14-27(25)29)4-6-19-9-11-23(30-2)17-26(19)28/h5,9,11,13-14,17,20-22,24H,3,7-8,10,12,15-16H2,1-2H3. The van der Waals surface area contributed by atoms with Crippen LogP contribution in [0.15, 0.2) is 36.4 Å². The summed E-state index contributed by atoms with van der Waals surface area (Å²) >= 11 is 0. The Labute approximate surface area is 184 Å². The normalized spacial score (nSPS) is 25.3. The van der Waals surface area contributed by atoms with Gasteiger partial charge in [-0.3, -0.25) is 0 Å². The highest BCUT2D eigenvalue weighted by Gasteiger charge is 2.36. The van der Waals surface area contributed by atoms with E-state index in [1.807, 2.05) is 12.1 Å². The van der Waals surface area contributed by atoms with Crippen molar-refractivity contribution in [3.63, 3.8) is 0 Å². The lowest BCUT2D eigenvalue weighted by Crippen LogP contribution is -2.33. The van der Waals surface area contributed by atoms with Crippen molar-refractivity contribution in [2.24, 2.45) is 11.8 Å². The molecule has 0 heterocycles. The Morgan fingerprint density at radius 2 is 1.71 bits per heavy atom. The van der Waals surface area contributed by atoms with Crippen LogP contribution in [0.1, 0.15) is 68.1 Å². The van der Waals surface area contributed by atoms with E-state index >= 15 is 0 Å². The van der Waals surface area contributed by atoms with Crippen LogP contribution < -0.4 is 4.74 Å². The van der Waals surface area contributed by atoms with Crippen LogP contribution in [0, 0.1) is 35.3 Å². The number of hydrogen-bond donors (Lipinski definition) is 0. The second-order valence-corrected chi connectivity index (χ2v) is 8.75. The molecule has 0 radical (unpaired) electrons. The third kappa shape index (κ3) is 5.10. The summed E-state index contributed by atoms with van der Waals surface area (Å²) in [4.78, 5) is 0. The zero-order chi connectivity index (χ0) is 21.8. The van der Waals surface area contributed by atoms with E-state index in [4.69, 9.17) is 9.47 Å². The van der Waals surface area contributed by atoms with Gasteiger partial charge in [0, 0.05) is 18.2 Å². The van der Waals surface area contributed by atoms with E-state index in [0.29, 0.717) is 29.3 Å². The van der Waals surface area contributed by atoms with Crippen LogP contribution in [0.25, 0.3) is 0 Å². The molecule has 0 N–H and O–H groups in total. The zero-order valence-corrected chi connectivity index (χ0v) is 18.3. The van der Waals surface area contributed by atoms with E-state index in [9.17, 15) is 8.78 Å². The van der Waals surface area contributed by atoms with Crippen LogP contribution in [0.2, 0.25) is 0 Å². The van der Waals surface area contributed by atoms with Crippen molar-refractivity contribution in [3.05, 3.63) is 64.7 Å².